The van der Waals surface area contributed by atoms with Crippen molar-refractivity contribution in [3.8, 4) is 0 Å². The zero-order valence-electron chi connectivity index (χ0n) is 10.9. The molecule has 1 unspecified atom stereocenters. The molecular weight excluding hydrogens is 330 g/mol. The summed E-state index contributed by atoms with van der Waals surface area (Å²) in [6, 6.07) is 6.90. The first kappa shape index (κ1) is 15.0. The molecule has 0 N–H and O–H groups in total. The van der Waals surface area contributed by atoms with Gasteiger partial charge in [-0.2, -0.15) is 4.31 Å². The average molecular weight is 348 g/mol. The number of rotatable bonds is 5. The molecule has 1 aliphatic rings. The first-order valence-corrected chi connectivity index (χ1v) is 8.65. The third-order valence-corrected chi connectivity index (χ3v) is 6.19. The van der Waals surface area contributed by atoms with Gasteiger partial charge in [-0.05, 0) is 40.9 Å². The molecule has 1 saturated heterocycles. The molecular formula is C13H18BrNO3S. The lowest BCUT2D eigenvalue weighted by molar-refractivity contribution is 0.0946. The SMILES string of the molecule is CCN(CC1CCCO1)S(=O)(=O)c1ccccc1Br. The molecule has 4 nitrogen and oxygen atoms in total. The normalized spacial score (nSPS) is 20.1. The van der Waals surface area contributed by atoms with Gasteiger partial charge in [0.25, 0.3) is 0 Å². The van der Waals surface area contributed by atoms with E-state index < -0.39 is 10.0 Å². The average Bonchev–Trinajstić information content (AvgIpc) is 2.89. The summed E-state index contributed by atoms with van der Waals surface area (Å²) in [4.78, 5) is 0.315. The summed E-state index contributed by atoms with van der Waals surface area (Å²) in [6.07, 6.45) is 1.97. The van der Waals surface area contributed by atoms with Gasteiger partial charge in [0.2, 0.25) is 10.0 Å². The lowest BCUT2D eigenvalue weighted by atomic mass is 10.2. The highest BCUT2D eigenvalue weighted by Crippen LogP contribution is 2.25. The first-order chi connectivity index (χ1) is 9.05. The Hall–Kier alpha value is -0.430. The molecule has 0 radical (unpaired) electrons. The lowest BCUT2D eigenvalue weighted by Crippen LogP contribution is -2.37. The van der Waals surface area contributed by atoms with Crippen LogP contribution in [-0.4, -0.2) is 38.5 Å². The molecule has 1 aliphatic heterocycles. The van der Waals surface area contributed by atoms with Crippen LogP contribution in [0.4, 0.5) is 0 Å². The monoisotopic (exact) mass is 347 g/mol. The van der Waals surface area contributed by atoms with Crippen molar-refractivity contribution in [2.45, 2.75) is 30.8 Å². The smallest absolute Gasteiger partial charge is 0.244 e. The highest BCUT2D eigenvalue weighted by Gasteiger charge is 2.28. The van der Waals surface area contributed by atoms with Gasteiger partial charge in [-0.15, -0.1) is 0 Å². The maximum Gasteiger partial charge on any atom is 0.244 e. The Kier molecular flexibility index (Phi) is 5.00. The standard InChI is InChI=1S/C13H18BrNO3S/c1-2-15(10-11-6-5-9-18-11)19(16,17)13-8-4-3-7-12(13)14/h3-4,7-8,11H,2,5-6,9-10H2,1H3. The highest BCUT2D eigenvalue weighted by atomic mass is 79.9. The van der Waals surface area contributed by atoms with Crippen LogP contribution in [0, 0.1) is 0 Å². The van der Waals surface area contributed by atoms with Gasteiger partial charge in [-0.1, -0.05) is 19.1 Å². The van der Waals surface area contributed by atoms with Gasteiger partial charge in [0.1, 0.15) is 0 Å². The molecule has 0 spiro atoms. The molecule has 0 bridgehead atoms. The molecule has 0 saturated carbocycles. The van der Waals surface area contributed by atoms with Crippen molar-refractivity contribution in [3.63, 3.8) is 0 Å². The van der Waals surface area contributed by atoms with Crippen molar-refractivity contribution in [1.82, 2.24) is 4.31 Å². The predicted molar refractivity (Wildman–Crippen MR) is 77.5 cm³/mol. The van der Waals surface area contributed by atoms with Crippen LogP contribution in [-0.2, 0) is 14.8 Å². The summed E-state index contributed by atoms with van der Waals surface area (Å²) in [7, 11) is -3.46. The van der Waals surface area contributed by atoms with Gasteiger partial charge in [0.05, 0.1) is 11.0 Å². The third-order valence-electron chi connectivity index (χ3n) is 3.24. The number of nitrogens with zero attached hydrogens (tertiary/aromatic N) is 1. The van der Waals surface area contributed by atoms with Crippen molar-refractivity contribution in [2.24, 2.45) is 0 Å². The summed E-state index contributed by atoms with van der Waals surface area (Å²) < 4.78 is 32.8. The van der Waals surface area contributed by atoms with Crippen molar-refractivity contribution < 1.29 is 13.2 Å². The summed E-state index contributed by atoms with van der Waals surface area (Å²) >= 11 is 3.31. The van der Waals surface area contributed by atoms with Gasteiger partial charge in [-0.3, -0.25) is 0 Å². The fraction of sp³-hybridized carbons (Fsp3) is 0.538. The van der Waals surface area contributed by atoms with Gasteiger partial charge in [-0.25, -0.2) is 8.42 Å². The number of ether oxygens (including phenoxy) is 1. The van der Waals surface area contributed by atoms with E-state index in [2.05, 4.69) is 15.9 Å². The van der Waals surface area contributed by atoms with Crippen molar-refractivity contribution >= 4 is 26.0 Å². The Bertz CT molecular complexity index is 526. The second-order valence-electron chi connectivity index (χ2n) is 4.52. The molecule has 1 fully saturated rings. The Morgan fingerprint density at radius 2 is 2.16 bits per heavy atom. The topological polar surface area (TPSA) is 46.6 Å². The zero-order chi connectivity index (χ0) is 13.9. The zero-order valence-corrected chi connectivity index (χ0v) is 13.3. The Labute approximate surface area is 122 Å². The minimum Gasteiger partial charge on any atom is -0.377 e. The fourth-order valence-electron chi connectivity index (χ4n) is 2.21. The van der Waals surface area contributed by atoms with Crippen LogP contribution in [0.3, 0.4) is 0 Å². The van der Waals surface area contributed by atoms with Gasteiger partial charge >= 0.3 is 0 Å². The minimum absolute atomic E-state index is 0.0252. The van der Waals surface area contributed by atoms with E-state index in [1.807, 2.05) is 6.92 Å². The maximum atomic E-state index is 12.6. The lowest BCUT2D eigenvalue weighted by Gasteiger charge is -2.23. The van der Waals surface area contributed by atoms with Gasteiger partial charge in [0.15, 0.2) is 0 Å². The first-order valence-electron chi connectivity index (χ1n) is 6.42. The number of hydrogen-bond donors (Lipinski definition) is 0. The fourth-order valence-corrected chi connectivity index (χ4v) is 4.65. The number of sulfonamides is 1. The van der Waals surface area contributed by atoms with E-state index in [0.717, 1.165) is 19.4 Å². The quantitative estimate of drug-likeness (QED) is 0.822. The second-order valence-corrected chi connectivity index (χ2v) is 7.28. The highest BCUT2D eigenvalue weighted by molar-refractivity contribution is 9.10. The largest absolute Gasteiger partial charge is 0.377 e. The van der Waals surface area contributed by atoms with E-state index in [1.54, 1.807) is 24.3 Å². The molecule has 1 aromatic rings. The van der Waals surface area contributed by atoms with Crippen LogP contribution in [0.15, 0.2) is 33.6 Å². The van der Waals surface area contributed by atoms with Crippen molar-refractivity contribution in [3.05, 3.63) is 28.7 Å². The van der Waals surface area contributed by atoms with E-state index in [0.29, 0.717) is 22.5 Å². The second kappa shape index (κ2) is 6.35. The minimum atomic E-state index is -3.46. The molecule has 1 atom stereocenters. The van der Waals surface area contributed by atoms with Crippen molar-refractivity contribution in [2.75, 3.05) is 19.7 Å². The summed E-state index contributed by atoms with van der Waals surface area (Å²) in [6.45, 7) is 3.46. The molecule has 19 heavy (non-hydrogen) atoms. The van der Waals surface area contributed by atoms with E-state index in [9.17, 15) is 8.42 Å². The van der Waals surface area contributed by atoms with E-state index in [-0.39, 0.29) is 6.10 Å². The maximum absolute atomic E-state index is 12.6. The molecule has 0 aromatic heterocycles. The summed E-state index contributed by atoms with van der Waals surface area (Å²) in [5, 5.41) is 0. The molecule has 6 heteroatoms. The third kappa shape index (κ3) is 3.37. The number of likely N-dealkylation sites (N-methyl/N-ethyl adjacent to an activating group) is 1. The van der Waals surface area contributed by atoms with Crippen LogP contribution < -0.4 is 0 Å². The number of hydrogen-bond acceptors (Lipinski definition) is 3. The Morgan fingerprint density at radius 1 is 1.42 bits per heavy atom. The van der Waals surface area contributed by atoms with E-state index >= 15 is 0 Å². The molecule has 106 valence electrons. The Balaban J connectivity index is 2.23. The number of benzene rings is 1. The van der Waals surface area contributed by atoms with E-state index in [1.165, 1.54) is 4.31 Å². The molecule has 2 rings (SSSR count). The van der Waals surface area contributed by atoms with Crippen LogP contribution in [0.1, 0.15) is 19.8 Å². The molecule has 0 amide bonds. The summed E-state index contributed by atoms with van der Waals surface area (Å²) in [5.74, 6) is 0. The molecule has 1 heterocycles. The molecule has 1 aromatic carbocycles. The van der Waals surface area contributed by atoms with E-state index in [4.69, 9.17) is 4.74 Å². The van der Waals surface area contributed by atoms with Crippen LogP contribution in [0.2, 0.25) is 0 Å². The Morgan fingerprint density at radius 3 is 2.74 bits per heavy atom. The van der Waals surface area contributed by atoms with Crippen molar-refractivity contribution in [1.29, 1.82) is 0 Å². The number of halogens is 1. The molecule has 0 aliphatic carbocycles. The van der Waals surface area contributed by atoms with Gasteiger partial charge < -0.3 is 4.74 Å². The van der Waals surface area contributed by atoms with Crippen LogP contribution >= 0.6 is 15.9 Å². The summed E-state index contributed by atoms with van der Waals surface area (Å²) in [5.41, 5.74) is 0. The van der Waals surface area contributed by atoms with Crippen LogP contribution in [0.25, 0.3) is 0 Å². The predicted octanol–water partition coefficient (Wildman–Crippen LogP) is 2.64. The van der Waals surface area contributed by atoms with Gasteiger partial charge in [0, 0.05) is 24.2 Å². The van der Waals surface area contributed by atoms with Crippen LogP contribution in [0.5, 0.6) is 0 Å².